The maximum Gasteiger partial charge on any atom is 0.217 e. The van der Waals surface area contributed by atoms with Crippen LogP contribution in [0, 0.1) is 0 Å². The van der Waals surface area contributed by atoms with Crippen molar-refractivity contribution >= 4 is 11.6 Å². The van der Waals surface area contributed by atoms with Crippen molar-refractivity contribution in [3.63, 3.8) is 0 Å². The average Bonchev–Trinajstić information content (AvgIpc) is 2.15. The van der Waals surface area contributed by atoms with Gasteiger partial charge in [-0.3, -0.25) is 10.6 Å². The van der Waals surface area contributed by atoms with Crippen molar-refractivity contribution in [1.29, 1.82) is 0 Å². The summed E-state index contributed by atoms with van der Waals surface area (Å²) in [6.07, 6.45) is 1.07. The number of carbonyl (C=O) groups is 1. The molecule has 13 heavy (non-hydrogen) atoms. The molecule has 0 saturated carbocycles. The van der Waals surface area contributed by atoms with Gasteiger partial charge in [0.15, 0.2) is 0 Å². The molecule has 0 atom stereocenters. The Morgan fingerprint density at radius 2 is 1.92 bits per heavy atom. The van der Waals surface area contributed by atoms with E-state index in [0.29, 0.717) is 12.8 Å². The number of aryl methyl sites for hydroxylation is 1. The molecule has 0 unspecified atom stereocenters. The number of primary amides is 1. The fourth-order valence-corrected chi connectivity index (χ4v) is 1.04. The molecule has 1 aromatic carbocycles. The van der Waals surface area contributed by atoms with Gasteiger partial charge in [-0.15, -0.1) is 0 Å². The van der Waals surface area contributed by atoms with Gasteiger partial charge >= 0.3 is 0 Å². The third-order valence-electron chi connectivity index (χ3n) is 1.78. The number of hydrogen-bond donors (Lipinski definition) is 3. The van der Waals surface area contributed by atoms with Gasteiger partial charge in [-0.2, -0.15) is 0 Å². The van der Waals surface area contributed by atoms with Crippen molar-refractivity contribution in [2.75, 3.05) is 5.43 Å². The van der Waals surface area contributed by atoms with E-state index in [0.717, 1.165) is 11.3 Å². The van der Waals surface area contributed by atoms with E-state index in [1.807, 2.05) is 24.3 Å². The smallest absolute Gasteiger partial charge is 0.217 e. The van der Waals surface area contributed by atoms with Crippen molar-refractivity contribution in [2.24, 2.45) is 11.6 Å². The van der Waals surface area contributed by atoms with Gasteiger partial charge in [0.05, 0.1) is 0 Å². The Kier molecular flexibility index (Phi) is 3.28. The van der Waals surface area contributed by atoms with Gasteiger partial charge in [-0.25, -0.2) is 0 Å². The number of hydrogen-bond acceptors (Lipinski definition) is 3. The number of nitrogen functional groups attached to an aromatic ring is 1. The minimum Gasteiger partial charge on any atom is -0.370 e. The van der Waals surface area contributed by atoms with Gasteiger partial charge in [-0.05, 0) is 24.1 Å². The van der Waals surface area contributed by atoms with Crippen LogP contribution in [0.1, 0.15) is 12.0 Å². The highest BCUT2D eigenvalue weighted by molar-refractivity contribution is 5.74. The quantitative estimate of drug-likeness (QED) is 0.462. The van der Waals surface area contributed by atoms with Gasteiger partial charge in [0, 0.05) is 12.1 Å². The number of hydrazine groups is 1. The molecule has 0 aliphatic rings. The van der Waals surface area contributed by atoms with E-state index in [1.165, 1.54) is 0 Å². The summed E-state index contributed by atoms with van der Waals surface area (Å²) in [5, 5.41) is 0. The zero-order chi connectivity index (χ0) is 9.68. The molecule has 4 heteroatoms. The minimum atomic E-state index is -0.277. The normalized spacial score (nSPS) is 9.62. The molecular formula is C9H13N3O. The van der Waals surface area contributed by atoms with Crippen LogP contribution in [0.4, 0.5) is 5.69 Å². The molecule has 70 valence electrons. The van der Waals surface area contributed by atoms with Crippen molar-refractivity contribution in [3.05, 3.63) is 29.8 Å². The Labute approximate surface area is 76.9 Å². The number of carbonyl (C=O) groups excluding carboxylic acids is 1. The first kappa shape index (κ1) is 9.54. The Balaban J connectivity index is 2.54. The van der Waals surface area contributed by atoms with Gasteiger partial charge < -0.3 is 11.2 Å². The molecule has 0 aliphatic carbocycles. The summed E-state index contributed by atoms with van der Waals surface area (Å²) in [5.74, 6) is 4.92. The Morgan fingerprint density at radius 3 is 2.38 bits per heavy atom. The molecule has 4 nitrogen and oxygen atoms in total. The molecule has 1 amide bonds. The fraction of sp³-hybridized carbons (Fsp3) is 0.222. The van der Waals surface area contributed by atoms with Crippen molar-refractivity contribution in [1.82, 2.24) is 0 Å². The molecule has 0 fully saturated rings. The predicted octanol–water partition coefficient (Wildman–Crippen LogP) is 0.390. The van der Waals surface area contributed by atoms with Crippen LogP contribution >= 0.6 is 0 Å². The molecule has 0 aliphatic heterocycles. The zero-order valence-corrected chi connectivity index (χ0v) is 7.29. The Morgan fingerprint density at radius 1 is 1.31 bits per heavy atom. The van der Waals surface area contributed by atoms with Crippen LogP contribution < -0.4 is 17.0 Å². The van der Waals surface area contributed by atoms with Crippen LogP contribution in [0.2, 0.25) is 0 Å². The van der Waals surface area contributed by atoms with Crippen LogP contribution in [0.3, 0.4) is 0 Å². The molecule has 0 spiro atoms. The fourth-order valence-electron chi connectivity index (χ4n) is 1.04. The van der Waals surface area contributed by atoms with Crippen molar-refractivity contribution in [2.45, 2.75) is 12.8 Å². The Bertz CT molecular complexity index is 281. The maximum absolute atomic E-state index is 10.5. The molecule has 0 bridgehead atoms. The Hall–Kier alpha value is -1.55. The molecule has 0 aromatic heterocycles. The topological polar surface area (TPSA) is 81.1 Å². The molecule has 1 rings (SSSR count). The lowest BCUT2D eigenvalue weighted by atomic mass is 10.1. The standard InChI is InChI=1S/C9H13N3O/c10-9(13)6-3-7-1-4-8(12-11)5-2-7/h1-2,4-5,12H,3,6,11H2,(H2,10,13). The number of benzene rings is 1. The molecule has 5 N–H and O–H groups in total. The summed E-state index contributed by atoms with van der Waals surface area (Å²) in [4.78, 5) is 10.5. The monoisotopic (exact) mass is 179 g/mol. The summed E-state index contributed by atoms with van der Waals surface area (Å²) in [6.45, 7) is 0. The third kappa shape index (κ3) is 3.13. The van der Waals surface area contributed by atoms with Crippen LogP contribution in [0.25, 0.3) is 0 Å². The highest BCUT2D eigenvalue weighted by atomic mass is 16.1. The highest BCUT2D eigenvalue weighted by Gasteiger charge is 1.96. The summed E-state index contributed by atoms with van der Waals surface area (Å²) in [5.41, 5.74) is 9.48. The number of amides is 1. The first-order valence-electron chi connectivity index (χ1n) is 4.06. The highest BCUT2D eigenvalue weighted by Crippen LogP contribution is 2.09. The zero-order valence-electron chi connectivity index (χ0n) is 7.29. The predicted molar refractivity (Wildman–Crippen MR) is 51.8 cm³/mol. The van der Waals surface area contributed by atoms with Gasteiger partial charge in [-0.1, -0.05) is 12.1 Å². The van der Waals surface area contributed by atoms with Crippen LogP contribution in [-0.4, -0.2) is 5.91 Å². The average molecular weight is 179 g/mol. The molecular weight excluding hydrogens is 166 g/mol. The number of anilines is 1. The molecule has 1 aromatic rings. The van der Waals surface area contributed by atoms with Crippen LogP contribution in [-0.2, 0) is 11.2 Å². The van der Waals surface area contributed by atoms with Crippen molar-refractivity contribution < 1.29 is 4.79 Å². The summed E-state index contributed by atoms with van der Waals surface area (Å²) < 4.78 is 0. The number of nitrogens with one attached hydrogen (secondary N) is 1. The summed E-state index contributed by atoms with van der Waals surface area (Å²) in [6, 6.07) is 7.54. The number of nitrogens with two attached hydrogens (primary N) is 2. The van der Waals surface area contributed by atoms with Gasteiger partial charge in [0.25, 0.3) is 0 Å². The summed E-state index contributed by atoms with van der Waals surface area (Å²) in [7, 11) is 0. The van der Waals surface area contributed by atoms with Gasteiger partial charge in [0.2, 0.25) is 5.91 Å². The lowest BCUT2D eigenvalue weighted by molar-refractivity contribution is -0.117. The van der Waals surface area contributed by atoms with Crippen molar-refractivity contribution in [3.8, 4) is 0 Å². The first-order valence-corrected chi connectivity index (χ1v) is 4.06. The van der Waals surface area contributed by atoms with E-state index in [4.69, 9.17) is 11.6 Å². The molecule has 0 radical (unpaired) electrons. The van der Waals surface area contributed by atoms with Gasteiger partial charge in [0.1, 0.15) is 0 Å². The SMILES string of the molecule is NNc1ccc(CCC(N)=O)cc1. The van der Waals surface area contributed by atoms with E-state index in [1.54, 1.807) is 0 Å². The minimum absolute atomic E-state index is 0.277. The largest absolute Gasteiger partial charge is 0.370 e. The van der Waals surface area contributed by atoms with Crippen LogP contribution in [0.5, 0.6) is 0 Å². The van der Waals surface area contributed by atoms with E-state index in [2.05, 4.69) is 5.43 Å². The van der Waals surface area contributed by atoms with E-state index >= 15 is 0 Å². The second kappa shape index (κ2) is 4.47. The second-order valence-electron chi connectivity index (χ2n) is 2.81. The van der Waals surface area contributed by atoms with E-state index in [9.17, 15) is 4.79 Å². The molecule has 0 saturated heterocycles. The first-order chi connectivity index (χ1) is 6.22. The van der Waals surface area contributed by atoms with Crippen LogP contribution in [0.15, 0.2) is 24.3 Å². The molecule has 0 heterocycles. The van der Waals surface area contributed by atoms with E-state index < -0.39 is 0 Å². The maximum atomic E-state index is 10.5. The van der Waals surface area contributed by atoms with E-state index in [-0.39, 0.29) is 5.91 Å². The lowest BCUT2D eigenvalue weighted by Gasteiger charge is -2.01. The number of rotatable bonds is 4. The summed E-state index contributed by atoms with van der Waals surface area (Å²) >= 11 is 0. The second-order valence-corrected chi connectivity index (χ2v) is 2.81. The third-order valence-corrected chi connectivity index (χ3v) is 1.78. The lowest BCUT2D eigenvalue weighted by Crippen LogP contribution is -2.11.